The van der Waals surface area contributed by atoms with Crippen LogP contribution in [0.5, 0.6) is 5.75 Å². The number of hydrogen-bond acceptors (Lipinski definition) is 7. The molecule has 14 heteroatoms. The Hall–Kier alpha value is -1.37. The number of para-hydroxylation sites is 1. The Morgan fingerprint density at radius 2 is 1.91 bits per heavy atom. The zero-order chi connectivity index (χ0) is 24.6. The molecule has 1 aromatic carbocycles. The fourth-order valence-electron chi connectivity index (χ4n) is 3.27. The van der Waals surface area contributed by atoms with E-state index in [0.717, 1.165) is 4.90 Å². The van der Waals surface area contributed by atoms with E-state index in [4.69, 9.17) is 49.0 Å². The van der Waals surface area contributed by atoms with Crippen LogP contribution in [-0.4, -0.2) is 66.3 Å². The van der Waals surface area contributed by atoms with Crippen LogP contribution in [0.3, 0.4) is 0 Å². The third-order valence-corrected chi connectivity index (χ3v) is 8.93. The van der Waals surface area contributed by atoms with Crippen molar-refractivity contribution in [3.63, 3.8) is 0 Å². The SMILES string of the molecule is COC1(Br)C(C)=C(C(=O)OCC(Cl)(Cl)Cl)N2C(=O)[C@@H](NC(=O)COc3ccccc3)[C@H]2S1=O. The highest BCUT2D eigenvalue weighted by Crippen LogP contribution is 2.47. The lowest BCUT2D eigenvalue weighted by atomic mass is 10.0. The molecule has 9 nitrogen and oxygen atoms in total. The average molecular weight is 605 g/mol. The first-order chi connectivity index (χ1) is 15.4. The molecule has 0 radical (unpaired) electrons. The lowest BCUT2D eigenvalue weighted by Crippen LogP contribution is -2.75. The molecule has 1 fully saturated rings. The summed E-state index contributed by atoms with van der Waals surface area (Å²) in [7, 11) is -0.651. The number of benzene rings is 1. The number of amides is 2. The second kappa shape index (κ2) is 10.1. The maximum atomic E-state index is 13.3. The third kappa shape index (κ3) is 5.33. The maximum absolute atomic E-state index is 13.3. The van der Waals surface area contributed by atoms with E-state index < -0.39 is 54.2 Å². The van der Waals surface area contributed by atoms with Crippen LogP contribution in [0.25, 0.3) is 0 Å². The summed E-state index contributed by atoms with van der Waals surface area (Å²) in [4.78, 5) is 39.0. The molecule has 1 saturated heterocycles. The molecule has 33 heavy (non-hydrogen) atoms. The van der Waals surface area contributed by atoms with Crippen molar-refractivity contribution in [3.05, 3.63) is 41.6 Å². The molecule has 0 aromatic heterocycles. The number of ether oxygens (including phenoxy) is 3. The van der Waals surface area contributed by atoms with Gasteiger partial charge in [-0.3, -0.25) is 18.7 Å². The van der Waals surface area contributed by atoms with Crippen LogP contribution in [0.1, 0.15) is 6.92 Å². The molecule has 0 saturated carbocycles. The molecule has 2 unspecified atom stereocenters. The monoisotopic (exact) mass is 602 g/mol. The first-order valence-electron chi connectivity index (χ1n) is 9.31. The van der Waals surface area contributed by atoms with Crippen LogP contribution in [0.2, 0.25) is 0 Å². The number of methoxy groups -OCH3 is 1. The van der Waals surface area contributed by atoms with Gasteiger partial charge in [0.2, 0.25) is 7.63 Å². The minimum Gasteiger partial charge on any atom is -0.484 e. The predicted octanol–water partition coefficient (Wildman–Crippen LogP) is 2.36. The highest BCUT2D eigenvalue weighted by atomic mass is 79.9. The molecule has 0 spiro atoms. The maximum Gasteiger partial charge on any atom is 0.355 e. The van der Waals surface area contributed by atoms with Crippen molar-refractivity contribution in [2.45, 2.75) is 26.0 Å². The van der Waals surface area contributed by atoms with Crippen molar-refractivity contribution < 1.29 is 32.8 Å². The van der Waals surface area contributed by atoms with Gasteiger partial charge in [0.05, 0.1) is 10.8 Å². The van der Waals surface area contributed by atoms with Crippen LogP contribution in [0.4, 0.5) is 0 Å². The number of halogens is 4. The van der Waals surface area contributed by atoms with Crippen LogP contribution in [-0.2, 0) is 34.7 Å². The van der Waals surface area contributed by atoms with Crippen molar-refractivity contribution in [2.75, 3.05) is 20.3 Å². The van der Waals surface area contributed by atoms with Crippen molar-refractivity contribution in [2.24, 2.45) is 0 Å². The smallest absolute Gasteiger partial charge is 0.355 e. The standard InChI is InChI=1S/C19H18BrCl3N2O7S/c1-10-14(17(28)32-9-18(21,22)23)25-15(27)13(16(25)33(29)19(10,20)30-2)24-12(26)8-31-11-6-4-3-5-7-11/h3-7,13,16H,8-9H2,1-2H3,(H,24,26)/t13-,16-,19?,33?/m1/s1. The van der Waals surface area contributed by atoms with E-state index in [-0.39, 0.29) is 17.9 Å². The van der Waals surface area contributed by atoms with E-state index in [1.807, 2.05) is 0 Å². The van der Waals surface area contributed by atoms with Gasteiger partial charge in [-0.1, -0.05) is 53.0 Å². The molecule has 1 aromatic rings. The summed E-state index contributed by atoms with van der Waals surface area (Å²) in [6, 6.07) is 7.42. The van der Waals surface area contributed by atoms with E-state index in [2.05, 4.69) is 21.2 Å². The van der Waals surface area contributed by atoms with Gasteiger partial charge >= 0.3 is 5.97 Å². The fourth-order valence-corrected chi connectivity index (χ4v) is 5.90. The molecule has 2 aliphatic rings. The Labute approximate surface area is 215 Å². The number of carbonyl (C=O) groups excluding carboxylic acids is 3. The quantitative estimate of drug-likeness (QED) is 0.289. The van der Waals surface area contributed by atoms with Gasteiger partial charge in [0.15, 0.2) is 6.61 Å². The Balaban J connectivity index is 1.80. The Morgan fingerprint density at radius 1 is 1.27 bits per heavy atom. The highest BCUT2D eigenvalue weighted by molar-refractivity contribution is 9.11. The molecule has 2 heterocycles. The first kappa shape index (κ1) is 26.2. The van der Waals surface area contributed by atoms with Crippen LogP contribution in [0.15, 0.2) is 41.6 Å². The zero-order valence-corrected chi connectivity index (χ0v) is 21.9. The number of carbonyl (C=O) groups is 3. The lowest BCUT2D eigenvalue weighted by Gasteiger charge is -2.52. The van der Waals surface area contributed by atoms with Crippen molar-refractivity contribution in [3.8, 4) is 5.75 Å². The lowest BCUT2D eigenvalue weighted by molar-refractivity contribution is -0.153. The summed E-state index contributed by atoms with van der Waals surface area (Å²) in [6.07, 6.45) is 0. The molecule has 180 valence electrons. The molecule has 1 N–H and O–H groups in total. The van der Waals surface area contributed by atoms with Gasteiger partial charge in [-0.2, -0.15) is 0 Å². The number of nitrogens with zero attached hydrogens (tertiary/aromatic N) is 1. The Kier molecular flexibility index (Phi) is 8.02. The summed E-state index contributed by atoms with van der Waals surface area (Å²) in [5.41, 5.74) is -0.0944. The van der Waals surface area contributed by atoms with Gasteiger partial charge < -0.3 is 19.5 Å². The molecule has 4 atom stereocenters. The number of esters is 1. The summed E-state index contributed by atoms with van der Waals surface area (Å²) in [6.45, 7) is 0.497. The molecular weight excluding hydrogens is 587 g/mol. The number of β-lactam (4-membered cyclic amide) rings is 1. The Bertz CT molecular complexity index is 1020. The molecular formula is C19H18BrCl3N2O7S. The number of hydrogen-bond donors (Lipinski definition) is 1. The van der Waals surface area contributed by atoms with Crippen LogP contribution >= 0.6 is 50.7 Å². The van der Waals surface area contributed by atoms with E-state index in [1.165, 1.54) is 14.0 Å². The topological polar surface area (TPSA) is 111 Å². The van der Waals surface area contributed by atoms with Crippen LogP contribution in [0, 0.1) is 0 Å². The second-order valence-corrected chi connectivity index (χ2v) is 12.8. The summed E-state index contributed by atoms with van der Waals surface area (Å²) in [5, 5.41) is 1.38. The van der Waals surface area contributed by atoms with Crippen molar-refractivity contribution in [1.29, 1.82) is 0 Å². The van der Waals surface area contributed by atoms with E-state index in [1.54, 1.807) is 30.3 Å². The summed E-state index contributed by atoms with van der Waals surface area (Å²) >= 11 is 20.2. The zero-order valence-electron chi connectivity index (χ0n) is 17.2. The van der Waals surface area contributed by atoms with E-state index in [0.29, 0.717) is 5.75 Å². The van der Waals surface area contributed by atoms with Gasteiger partial charge in [-0.05, 0) is 35.0 Å². The van der Waals surface area contributed by atoms with Gasteiger partial charge in [0.1, 0.15) is 29.5 Å². The number of nitrogens with one attached hydrogen (secondary N) is 1. The van der Waals surface area contributed by atoms with Crippen molar-refractivity contribution >= 4 is 79.3 Å². The van der Waals surface area contributed by atoms with E-state index in [9.17, 15) is 18.6 Å². The summed E-state index contributed by atoms with van der Waals surface area (Å²) < 4.78 is 25.5. The fraction of sp³-hybridized carbons (Fsp3) is 0.421. The minimum atomic E-state index is -1.93. The van der Waals surface area contributed by atoms with Crippen LogP contribution < -0.4 is 10.1 Å². The van der Waals surface area contributed by atoms with Gasteiger partial charge in [0, 0.05) is 12.7 Å². The average Bonchev–Trinajstić information content (AvgIpc) is 2.78. The largest absolute Gasteiger partial charge is 0.484 e. The number of rotatable bonds is 7. The molecule has 3 rings (SSSR count). The second-order valence-electron chi connectivity index (χ2n) is 6.95. The molecule has 2 amide bonds. The predicted molar refractivity (Wildman–Crippen MR) is 125 cm³/mol. The molecule has 0 aliphatic carbocycles. The number of fused-ring (bicyclic) bond motifs is 1. The summed E-state index contributed by atoms with van der Waals surface area (Å²) in [5.74, 6) is -1.79. The highest BCUT2D eigenvalue weighted by Gasteiger charge is 2.63. The van der Waals surface area contributed by atoms with Gasteiger partial charge in [-0.15, -0.1) is 0 Å². The number of alkyl halides is 4. The Morgan fingerprint density at radius 3 is 2.48 bits per heavy atom. The molecule has 2 aliphatic heterocycles. The first-order valence-corrected chi connectivity index (χ1v) is 12.4. The van der Waals surface area contributed by atoms with Crippen molar-refractivity contribution in [1.82, 2.24) is 10.2 Å². The van der Waals surface area contributed by atoms with E-state index >= 15 is 0 Å². The van der Waals surface area contributed by atoms with Gasteiger partial charge in [-0.25, -0.2) is 4.79 Å². The minimum absolute atomic E-state index is 0.124. The third-order valence-electron chi connectivity index (χ3n) is 4.82. The molecule has 0 bridgehead atoms. The normalized spacial score (nSPS) is 26.9. The van der Waals surface area contributed by atoms with Gasteiger partial charge in [0.25, 0.3) is 11.8 Å².